The minimum Gasteiger partial charge on any atom is -0.383 e. The Kier molecular flexibility index (Phi) is 3.82. The van der Waals surface area contributed by atoms with Crippen molar-refractivity contribution in [2.45, 2.75) is 24.2 Å². The Bertz CT molecular complexity index is 677. The molecule has 0 radical (unpaired) electrons. The quantitative estimate of drug-likeness (QED) is 0.772. The monoisotopic (exact) mass is 294 g/mol. The van der Waals surface area contributed by atoms with Crippen molar-refractivity contribution >= 4 is 15.8 Å². The summed E-state index contributed by atoms with van der Waals surface area (Å²) in [5.41, 5.74) is 6.27. The van der Waals surface area contributed by atoms with Gasteiger partial charge in [-0.3, -0.25) is 5.10 Å². The lowest BCUT2D eigenvalue weighted by Crippen LogP contribution is -2.36. The van der Waals surface area contributed by atoms with Crippen LogP contribution in [0.1, 0.15) is 19.4 Å². The lowest BCUT2D eigenvalue weighted by atomic mass is 9.85. The van der Waals surface area contributed by atoms with Crippen molar-refractivity contribution in [3.05, 3.63) is 42.1 Å². The first kappa shape index (κ1) is 14.5. The Morgan fingerprint density at radius 1 is 1.30 bits per heavy atom. The molecular formula is C13H18N4O2S. The van der Waals surface area contributed by atoms with Crippen LogP contribution in [0.15, 0.2) is 41.4 Å². The number of hydrogen-bond donors (Lipinski definition) is 3. The lowest BCUT2D eigenvalue weighted by Gasteiger charge is -2.25. The van der Waals surface area contributed by atoms with Crippen LogP contribution < -0.4 is 10.5 Å². The molecule has 0 saturated heterocycles. The average Bonchev–Trinajstić information content (AvgIpc) is 2.85. The molecule has 0 amide bonds. The second kappa shape index (κ2) is 5.26. The van der Waals surface area contributed by atoms with Gasteiger partial charge in [0.05, 0.1) is 6.20 Å². The summed E-state index contributed by atoms with van der Waals surface area (Å²) in [5, 5.41) is 6.03. The summed E-state index contributed by atoms with van der Waals surface area (Å²) in [6, 6.07) is 9.73. The fourth-order valence-corrected chi connectivity index (χ4v) is 3.08. The van der Waals surface area contributed by atoms with E-state index in [0.717, 1.165) is 5.56 Å². The molecular weight excluding hydrogens is 276 g/mol. The standard InChI is InChI=1S/C13H18N4O2S/c1-13(2,10-6-4-3-5-7-10)9-16-20(18,19)11-8-15-17-12(11)14/h3-8,16H,9H2,1-2H3,(H3,14,15,17). The zero-order valence-corrected chi connectivity index (χ0v) is 12.2. The molecule has 1 heterocycles. The van der Waals surface area contributed by atoms with Crippen LogP contribution in [0.25, 0.3) is 0 Å². The highest BCUT2D eigenvalue weighted by Crippen LogP contribution is 2.23. The fraction of sp³-hybridized carbons (Fsp3) is 0.308. The highest BCUT2D eigenvalue weighted by molar-refractivity contribution is 7.89. The summed E-state index contributed by atoms with van der Waals surface area (Å²) >= 11 is 0. The normalized spacial score (nSPS) is 12.5. The zero-order valence-electron chi connectivity index (χ0n) is 11.4. The Balaban J connectivity index is 2.15. The molecule has 108 valence electrons. The first-order valence-corrected chi connectivity index (χ1v) is 7.65. The van der Waals surface area contributed by atoms with E-state index in [1.165, 1.54) is 6.20 Å². The minimum absolute atomic E-state index is 0.0265. The molecule has 0 aliphatic rings. The van der Waals surface area contributed by atoms with E-state index in [4.69, 9.17) is 5.73 Å². The van der Waals surface area contributed by atoms with Gasteiger partial charge >= 0.3 is 0 Å². The molecule has 0 bridgehead atoms. The van der Waals surface area contributed by atoms with Crippen LogP contribution in [0.2, 0.25) is 0 Å². The summed E-state index contributed by atoms with van der Waals surface area (Å²) in [4.78, 5) is -0.0265. The number of hydrogen-bond acceptors (Lipinski definition) is 4. The third-order valence-corrected chi connectivity index (χ3v) is 4.61. The van der Waals surface area contributed by atoms with Crippen LogP contribution in [-0.4, -0.2) is 25.2 Å². The molecule has 1 aromatic carbocycles. The van der Waals surface area contributed by atoms with Crippen LogP contribution in [-0.2, 0) is 15.4 Å². The molecule has 0 aliphatic carbocycles. The summed E-state index contributed by atoms with van der Waals surface area (Å²) in [5.74, 6) is 0.0371. The summed E-state index contributed by atoms with van der Waals surface area (Å²) < 4.78 is 26.9. The van der Waals surface area contributed by atoms with Crippen LogP contribution in [0.5, 0.6) is 0 Å². The first-order chi connectivity index (χ1) is 9.33. The maximum atomic E-state index is 12.1. The number of H-pyrrole nitrogens is 1. The number of anilines is 1. The average molecular weight is 294 g/mol. The van der Waals surface area contributed by atoms with E-state index in [-0.39, 0.29) is 22.7 Å². The van der Waals surface area contributed by atoms with Crippen molar-refractivity contribution in [1.29, 1.82) is 0 Å². The van der Waals surface area contributed by atoms with E-state index in [0.29, 0.717) is 0 Å². The van der Waals surface area contributed by atoms with Gasteiger partial charge in [-0.15, -0.1) is 0 Å². The van der Waals surface area contributed by atoms with Crippen LogP contribution in [0.3, 0.4) is 0 Å². The highest BCUT2D eigenvalue weighted by atomic mass is 32.2. The van der Waals surface area contributed by atoms with Gasteiger partial charge in [0.2, 0.25) is 10.0 Å². The highest BCUT2D eigenvalue weighted by Gasteiger charge is 2.25. The van der Waals surface area contributed by atoms with Gasteiger partial charge in [0.1, 0.15) is 10.7 Å². The van der Waals surface area contributed by atoms with Gasteiger partial charge in [0, 0.05) is 12.0 Å². The number of nitrogens with two attached hydrogens (primary N) is 1. The first-order valence-electron chi connectivity index (χ1n) is 6.17. The molecule has 0 fully saturated rings. The summed E-state index contributed by atoms with van der Waals surface area (Å²) in [6.07, 6.45) is 1.20. The molecule has 0 saturated carbocycles. The molecule has 0 spiro atoms. The maximum absolute atomic E-state index is 12.1. The van der Waals surface area contributed by atoms with Crippen molar-refractivity contribution in [3.63, 3.8) is 0 Å². The summed E-state index contributed by atoms with van der Waals surface area (Å²) in [7, 11) is -3.66. The smallest absolute Gasteiger partial charge is 0.245 e. The second-order valence-corrected chi connectivity index (χ2v) is 6.96. The number of nitrogens with zero attached hydrogens (tertiary/aromatic N) is 1. The predicted molar refractivity (Wildman–Crippen MR) is 77.7 cm³/mol. The number of rotatable bonds is 5. The number of aromatic nitrogens is 2. The Labute approximate surface area is 118 Å². The largest absolute Gasteiger partial charge is 0.383 e. The van der Waals surface area contributed by atoms with E-state index >= 15 is 0 Å². The molecule has 2 aromatic rings. The predicted octanol–water partition coefficient (Wildman–Crippen LogP) is 1.25. The van der Waals surface area contributed by atoms with Gasteiger partial charge in [-0.25, -0.2) is 13.1 Å². The molecule has 7 heteroatoms. The number of aromatic amines is 1. The van der Waals surface area contributed by atoms with Crippen molar-refractivity contribution < 1.29 is 8.42 Å². The Hall–Kier alpha value is -1.86. The lowest BCUT2D eigenvalue weighted by molar-refractivity contribution is 0.501. The van der Waals surface area contributed by atoms with Crippen LogP contribution >= 0.6 is 0 Å². The van der Waals surface area contributed by atoms with Gasteiger partial charge in [-0.05, 0) is 5.56 Å². The second-order valence-electron chi connectivity index (χ2n) is 5.22. The van der Waals surface area contributed by atoms with E-state index < -0.39 is 10.0 Å². The minimum atomic E-state index is -3.66. The van der Waals surface area contributed by atoms with Crippen molar-refractivity contribution in [2.24, 2.45) is 0 Å². The maximum Gasteiger partial charge on any atom is 0.245 e. The van der Waals surface area contributed by atoms with Crippen LogP contribution in [0, 0.1) is 0 Å². The fourth-order valence-electron chi connectivity index (χ4n) is 1.84. The van der Waals surface area contributed by atoms with Gasteiger partial charge in [-0.2, -0.15) is 5.10 Å². The van der Waals surface area contributed by atoms with E-state index in [1.54, 1.807) is 0 Å². The molecule has 4 N–H and O–H groups in total. The number of nitrogen functional groups attached to an aromatic ring is 1. The Morgan fingerprint density at radius 3 is 2.50 bits per heavy atom. The molecule has 0 unspecified atom stereocenters. The zero-order chi connectivity index (χ0) is 14.8. The number of benzene rings is 1. The SMILES string of the molecule is CC(C)(CNS(=O)(=O)c1cn[nH]c1N)c1ccccc1. The topological polar surface area (TPSA) is 101 Å². The van der Waals surface area contributed by atoms with Crippen LogP contribution in [0.4, 0.5) is 5.82 Å². The van der Waals surface area contributed by atoms with Gasteiger partial charge < -0.3 is 5.73 Å². The Morgan fingerprint density at radius 2 is 1.95 bits per heavy atom. The van der Waals surface area contributed by atoms with Gasteiger partial charge in [0.15, 0.2) is 0 Å². The molecule has 20 heavy (non-hydrogen) atoms. The van der Waals surface area contributed by atoms with Crippen molar-refractivity contribution in [2.75, 3.05) is 12.3 Å². The third kappa shape index (κ3) is 3.00. The third-order valence-electron chi connectivity index (χ3n) is 3.18. The van der Waals surface area contributed by atoms with E-state index in [2.05, 4.69) is 14.9 Å². The van der Waals surface area contributed by atoms with Gasteiger partial charge in [-0.1, -0.05) is 44.2 Å². The molecule has 0 atom stereocenters. The van der Waals surface area contributed by atoms with E-state index in [9.17, 15) is 8.42 Å². The number of sulfonamides is 1. The molecule has 0 aliphatic heterocycles. The number of nitrogens with one attached hydrogen (secondary N) is 2. The molecule has 6 nitrogen and oxygen atoms in total. The molecule has 2 rings (SSSR count). The van der Waals surface area contributed by atoms with Crippen molar-refractivity contribution in [1.82, 2.24) is 14.9 Å². The summed E-state index contributed by atoms with van der Waals surface area (Å²) in [6.45, 7) is 4.22. The molecule has 1 aromatic heterocycles. The van der Waals surface area contributed by atoms with E-state index in [1.807, 2.05) is 44.2 Å². The van der Waals surface area contributed by atoms with Crippen molar-refractivity contribution in [3.8, 4) is 0 Å². The van der Waals surface area contributed by atoms with Gasteiger partial charge in [0.25, 0.3) is 0 Å².